The highest BCUT2D eigenvalue weighted by Gasteiger charge is 2.73. The Hall–Kier alpha value is -3.36. The van der Waals surface area contributed by atoms with Crippen LogP contribution in [0.3, 0.4) is 0 Å². The predicted octanol–water partition coefficient (Wildman–Crippen LogP) is 6.19. The van der Waals surface area contributed by atoms with Gasteiger partial charge in [0.25, 0.3) is 0 Å². The van der Waals surface area contributed by atoms with Gasteiger partial charge in [0.1, 0.15) is 5.41 Å². The van der Waals surface area contributed by atoms with Crippen molar-refractivity contribution >= 4 is 0 Å². The molecule has 0 unspecified atom stereocenters. The predicted molar refractivity (Wildman–Crippen MR) is 116 cm³/mol. The Bertz CT molecular complexity index is 1210. The van der Waals surface area contributed by atoms with E-state index >= 15 is 0 Å². The minimum Gasteiger partial charge on any atom is -0.197 e. The summed E-state index contributed by atoms with van der Waals surface area (Å²) in [5.74, 6) is 0.336. The summed E-state index contributed by atoms with van der Waals surface area (Å²) in [7, 11) is 0. The van der Waals surface area contributed by atoms with Gasteiger partial charge in [-0.3, -0.25) is 0 Å². The Kier molecular flexibility index (Phi) is 3.40. The van der Waals surface area contributed by atoms with Crippen LogP contribution in [0.1, 0.15) is 42.2 Å². The smallest absolute Gasteiger partial charge is 0.105 e. The lowest BCUT2D eigenvalue weighted by Crippen LogP contribution is -2.60. The van der Waals surface area contributed by atoms with Crippen LogP contribution < -0.4 is 0 Å². The van der Waals surface area contributed by atoms with Crippen molar-refractivity contribution in [3.63, 3.8) is 0 Å². The normalized spacial score (nSPS) is 37.5. The van der Waals surface area contributed by atoms with Gasteiger partial charge in [0.05, 0.1) is 17.6 Å². The van der Waals surface area contributed by atoms with Crippen LogP contribution in [-0.4, -0.2) is 0 Å². The molecule has 0 aromatic heterocycles. The molecule has 0 saturated heterocycles. The van der Waals surface area contributed by atoms with Gasteiger partial charge in [-0.15, -0.1) is 0 Å². The summed E-state index contributed by atoms with van der Waals surface area (Å²) >= 11 is 0. The van der Waals surface area contributed by atoms with Gasteiger partial charge in [-0.2, -0.15) is 10.5 Å². The van der Waals surface area contributed by atoms with E-state index in [1.165, 1.54) is 22.3 Å². The largest absolute Gasteiger partial charge is 0.197 e. The van der Waals surface area contributed by atoms with E-state index in [4.69, 9.17) is 0 Å². The molecule has 6 rings (SSSR count). The van der Waals surface area contributed by atoms with Crippen molar-refractivity contribution in [3.8, 4) is 12.1 Å². The third kappa shape index (κ3) is 1.83. The number of nitriles is 2. The van der Waals surface area contributed by atoms with Crippen molar-refractivity contribution in [2.24, 2.45) is 16.2 Å². The number of nitrogens with zero attached hydrogens (tertiary/aromatic N) is 2. The molecule has 0 amide bonds. The van der Waals surface area contributed by atoms with Crippen molar-refractivity contribution in [1.29, 1.82) is 10.5 Å². The zero-order valence-electron chi connectivity index (χ0n) is 16.8. The van der Waals surface area contributed by atoms with E-state index in [0.717, 1.165) is 19.3 Å². The number of hydrogen-bond donors (Lipinski definition) is 0. The van der Waals surface area contributed by atoms with Crippen molar-refractivity contribution < 1.29 is 0 Å². The van der Waals surface area contributed by atoms with Crippen LogP contribution in [0.25, 0.3) is 0 Å². The highest BCUT2D eigenvalue weighted by Crippen LogP contribution is 2.79. The molecular weight excluding hydrogens is 364 g/mol. The highest BCUT2D eigenvalue weighted by atomic mass is 14.7. The Balaban J connectivity index is 1.61. The van der Waals surface area contributed by atoms with Gasteiger partial charge >= 0.3 is 0 Å². The van der Waals surface area contributed by atoms with E-state index in [9.17, 15) is 10.5 Å². The first-order valence-electron chi connectivity index (χ1n) is 10.7. The molecule has 2 heteroatoms. The summed E-state index contributed by atoms with van der Waals surface area (Å²) in [5.41, 5.74) is 3.45. The van der Waals surface area contributed by atoms with E-state index in [0.29, 0.717) is 0 Å². The van der Waals surface area contributed by atoms with E-state index in [-0.39, 0.29) is 11.8 Å². The maximum atomic E-state index is 10.6. The van der Waals surface area contributed by atoms with E-state index in [2.05, 4.69) is 85.0 Å². The highest BCUT2D eigenvalue weighted by molar-refractivity contribution is 5.64. The molecule has 2 aromatic rings. The van der Waals surface area contributed by atoms with Gasteiger partial charge < -0.3 is 0 Å². The summed E-state index contributed by atoms with van der Waals surface area (Å²) in [6.07, 6.45) is 11.3. The second-order valence-corrected chi connectivity index (χ2v) is 9.19. The summed E-state index contributed by atoms with van der Waals surface area (Å²) in [4.78, 5) is 0. The van der Waals surface area contributed by atoms with Crippen LogP contribution in [0.15, 0.2) is 96.1 Å². The molecule has 5 atom stereocenters. The van der Waals surface area contributed by atoms with Crippen LogP contribution in [-0.2, 0) is 0 Å². The van der Waals surface area contributed by atoms with Crippen LogP contribution >= 0.6 is 0 Å². The Morgan fingerprint density at radius 2 is 1.43 bits per heavy atom. The number of allylic oxidation sites excluding steroid dienone is 6. The van der Waals surface area contributed by atoms with Crippen LogP contribution in [0, 0.1) is 38.9 Å². The number of benzene rings is 2. The summed E-state index contributed by atoms with van der Waals surface area (Å²) in [5, 5.41) is 21.0. The van der Waals surface area contributed by atoms with Crippen LogP contribution in [0.2, 0.25) is 0 Å². The molecule has 1 fully saturated rings. The van der Waals surface area contributed by atoms with Crippen molar-refractivity contribution in [2.45, 2.75) is 31.1 Å². The van der Waals surface area contributed by atoms with Crippen molar-refractivity contribution in [2.75, 3.05) is 0 Å². The number of rotatable bonds is 2. The SMILES string of the molecule is N#C[C@]12C=C[C@]3(C#N)C[C@@H](c4ccccc4)[C@@]34C=CCC(=C14)C[C@@H]2c1ccccc1. The minimum absolute atomic E-state index is 0.107. The molecule has 1 spiro atoms. The lowest BCUT2D eigenvalue weighted by Gasteiger charge is -2.65. The second kappa shape index (κ2) is 5.84. The molecule has 0 aliphatic heterocycles. The molecule has 0 N–H and O–H groups in total. The molecular formula is C28H22N2. The summed E-state index contributed by atoms with van der Waals surface area (Å²) in [6.45, 7) is 0. The van der Waals surface area contributed by atoms with Gasteiger partial charge in [0, 0.05) is 17.3 Å². The van der Waals surface area contributed by atoms with Gasteiger partial charge in [-0.25, -0.2) is 0 Å². The second-order valence-electron chi connectivity index (χ2n) is 9.19. The van der Waals surface area contributed by atoms with E-state index < -0.39 is 16.2 Å². The van der Waals surface area contributed by atoms with Crippen LogP contribution in [0.4, 0.5) is 0 Å². The quantitative estimate of drug-likeness (QED) is 0.577. The Morgan fingerprint density at radius 3 is 2.07 bits per heavy atom. The molecule has 30 heavy (non-hydrogen) atoms. The first kappa shape index (κ1) is 17.5. The van der Waals surface area contributed by atoms with Gasteiger partial charge in [-0.1, -0.05) is 90.5 Å². The van der Waals surface area contributed by atoms with Crippen molar-refractivity contribution in [3.05, 3.63) is 107 Å². The number of hydrogen-bond acceptors (Lipinski definition) is 2. The standard InChI is InChI=1S/C28H22N2/c29-18-26-14-15-27(19-30)23(20-8-3-1-4-9-20)16-22-12-7-13-28(26,25(22)27)24(17-26)21-10-5-2-6-11-21/h1-11,13-15,23-24H,12,16-17H2/t23-,24+,26-,27+,28-/m1/s1. The van der Waals surface area contributed by atoms with Gasteiger partial charge in [-0.05, 0) is 36.0 Å². The molecule has 0 bridgehead atoms. The van der Waals surface area contributed by atoms with Crippen molar-refractivity contribution in [1.82, 2.24) is 0 Å². The molecule has 2 nitrogen and oxygen atoms in total. The average Bonchev–Trinajstić information content (AvgIpc) is 3.15. The first-order chi connectivity index (χ1) is 14.7. The molecule has 0 heterocycles. The molecule has 2 aromatic carbocycles. The van der Waals surface area contributed by atoms with Crippen LogP contribution in [0.5, 0.6) is 0 Å². The molecule has 1 saturated carbocycles. The fraction of sp³-hybridized carbons (Fsp3) is 0.286. The lowest BCUT2D eigenvalue weighted by atomic mass is 9.35. The first-order valence-corrected chi connectivity index (χ1v) is 10.7. The monoisotopic (exact) mass is 386 g/mol. The lowest BCUT2D eigenvalue weighted by molar-refractivity contribution is 0.0337. The average molecular weight is 386 g/mol. The maximum Gasteiger partial charge on any atom is 0.105 e. The third-order valence-electron chi connectivity index (χ3n) is 8.16. The minimum atomic E-state index is -0.671. The van der Waals surface area contributed by atoms with E-state index in [1.807, 2.05) is 12.1 Å². The zero-order valence-corrected chi connectivity index (χ0v) is 16.8. The zero-order chi connectivity index (χ0) is 20.4. The summed E-state index contributed by atoms with van der Waals surface area (Å²) < 4.78 is 0. The molecule has 4 aliphatic carbocycles. The maximum absolute atomic E-state index is 10.6. The molecule has 0 radical (unpaired) electrons. The fourth-order valence-corrected chi connectivity index (χ4v) is 6.92. The molecule has 4 aliphatic rings. The summed E-state index contributed by atoms with van der Waals surface area (Å²) in [6, 6.07) is 26.5. The topological polar surface area (TPSA) is 47.6 Å². The van der Waals surface area contributed by atoms with Gasteiger partial charge in [0.15, 0.2) is 0 Å². The van der Waals surface area contributed by atoms with Gasteiger partial charge in [0.2, 0.25) is 0 Å². The Labute approximate surface area is 177 Å². The Morgan fingerprint density at radius 1 is 0.767 bits per heavy atom. The molecule has 144 valence electrons. The third-order valence-corrected chi connectivity index (χ3v) is 8.16. The fourth-order valence-electron chi connectivity index (χ4n) is 6.92. The van der Waals surface area contributed by atoms with E-state index in [1.54, 1.807) is 0 Å².